The third kappa shape index (κ3) is 3.58. The first-order chi connectivity index (χ1) is 9.76. The molecule has 1 aromatic carbocycles. The Balaban J connectivity index is 2.23. The maximum absolute atomic E-state index is 4.83. The molecular weight excluding hydrogens is 266 g/mol. The average Bonchev–Trinajstić information content (AvgIpc) is 2.89. The monoisotopic (exact) mass is 289 g/mol. The van der Waals surface area contributed by atoms with Crippen LogP contribution in [0.25, 0.3) is 0 Å². The molecule has 0 amide bonds. The Morgan fingerprint density at radius 1 is 1.20 bits per heavy atom. The summed E-state index contributed by atoms with van der Waals surface area (Å²) in [6.45, 7) is 6.26. The van der Waals surface area contributed by atoms with E-state index >= 15 is 0 Å². The fourth-order valence-corrected chi connectivity index (χ4v) is 3.14. The number of hydrogen-bond acceptors (Lipinski definition) is 4. The average molecular weight is 289 g/mol. The molecule has 0 spiro atoms. The largest absolute Gasteiger partial charge is 0.321 e. The Morgan fingerprint density at radius 3 is 2.60 bits per heavy atom. The predicted octanol–water partition coefficient (Wildman–Crippen LogP) is 3.97. The molecular formula is C16H23N3S. The Morgan fingerprint density at radius 2 is 1.95 bits per heavy atom. The molecule has 0 saturated heterocycles. The summed E-state index contributed by atoms with van der Waals surface area (Å²) in [4.78, 5) is 8.37. The summed E-state index contributed by atoms with van der Waals surface area (Å²) < 4.78 is 0. The molecule has 0 aliphatic carbocycles. The summed E-state index contributed by atoms with van der Waals surface area (Å²) in [5.41, 5.74) is 2.43. The van der Waals surface area contributed by atoms with Gasteiger partial charge in [-0.3, -0.25) is 0 Å². The van der Waals surface area contributed by atoms with Gasteiger partial charge >= 0.3 is 0 Å². The SMILES string of the molecule is CCCc1nc(N(C)c2ccccc2)sc1CNCC. The number of benzene rings is 1. The van der Waals surface area contributed by atoms with Crippen molar-refractivity contribution in [3.8, 4) is 0 Å². The first kappa shape index (κ1) is 15.0. The third-order valence-corrected chi connectivity index (χ3v) is 4.39. The topological polar surface area (TPSA) is 28.2 Å². The minimum atomic E-state index is 0.923. The molecule has 0 atom stereocenters. The lowest BCUT2D eigenvalue weighted by atomic mass is 10.2. The fraction of sp³-hybridized carbons (Fsp3) is 0.438. The van der Waals surface area contributed by atoms with Crippen LogP contribution in [0, 0.1) is 0 Å². The number of nitrogens with zero attached hydrogens (tertiary/aromatic N) is 2. The van der Waals surface area contributed by atoms with Gasteiger partial charge in [-0.25, -0.2) is 4.98 Å². The van der Waals surface area contributed by atoms with Crippen molar-refractivity contribution in [1.82, 2.24) is 10.3 Å². The highest BCUT2D eigenvalue weighted by molar-refractivity contribution is 7.15. The van der Waals surface area contributed by atoms with Crippen LogP contribution in [0.4, 0.5) is 10.8 Å². The number of aromatic nitrogens is 1. The van der Waals surface area contributed by atoms with Crippen molar-refractivity contribution in [1.29, 1.82) is 0 Å². The molecule has 1 N–H and O–H groups in total. The van der Waals surface area contributed by atoms with Gasteiger partial charge in [0, 0.05) is 24.2 Å². The van der Waals surface area contributed by atoms with Gasteiger partial charge in [0.1, 0.15) is 0 Å². The molecule has 108 valence electrons. The van der Waals surface area contributed by atoms with Crippen molar-refractivity contribution in [2.75, 3.05) is 18.5 Å². The Hall–Kier alpha value is -1.39. The number of hydrogen-bond donors (Lipinski definition) is 1. The van der Waals surface area contributed by atoms with Crippen LogP contribution < -0.4 is 10.2 Å². The van der Waals surface area contributed by atoms with E-state index in [9.17, 15) is 0 Å². The van der Waals surface area contributed by atoms with E-state index in [1.54, 1.807) is 11.3 Å². The normalized spacial score (nSPS) is 10.8. The molecule has 3 nitrogen and oxygen atoms in total. The molecule has 0 bridgehead atoms. The molecule has 20 heavy (non-hydrogen) atoms. The van der Waals surface area contributed by atoms with Gasteiger partial charge in [0.25, 0.3) is 0 Å². The van der Waals surface area contributed by atoms with Crippen LogP contribution in [-0.2, 0) is 13.0 Å². The standard InChI is InChI=1S/C16H23N3S/c1-4-9-14-15(12-17-5-2)20-16(18-14)19(3)13-10-7-6-8-11-13/h6-8,10-11,17H,4-5,9,12H2,1-3H3. The van der Waals surface area contributed by atoms with Crippen LogP contribution in [0.2, 0.25) is 0 Å². The van der Waals surface area contributed by atoms with E-state index in [4.69, 9.17) is 4.98 Å². The van der Waals surface area contributed by atoms with Crippen LogP contribution in [-0.4, -0.2) is 18.6 Å². The minimum absolute atomic E-state index is 0.923. The highest BCUT2D eigenvalue weighted by Crippen LogP contribution is 2.31. The van der Waals surface area contributed by atoms with Gasteiger partial charge in [-0.05, 0) is 25.1 Å². The molecule has 1 heterocycles. The second kappa shape index (κ2) is 7.41. The molecule has 0 aliphatic heterocycles. The van der Waals surface area contributed by atoms with E-state index in [2.05, 4.69) is 55.4 Å². The first-order valence-corrected chi connectivity index (χ1v) is 8.06. The van der Waals surface area contributed by atoms with Gasteiger partial charge in [-0.15, -0.1) is 0 Å². The van der Waals surface area contributed by atoms with Crippen molar-refractivity contribution >= 4 is 22.2 Å². The Bertz CT molecular complexity index is 522. The van der Waals surface area contributed by atoms with Crippen molar-refractivity contribution in [3.63, 3.8) is 0 Å². The highest BCUT2D eigenvalue weighted by Gasteiger charge is 2.14. The van der Waals surface area contributed by atoms with E-state index < -0.39 is 0 Å². The summed E-state index contributed by atoms with van der Waals surface area (Å²) in [7, 11) is 2.08. The van der Waals surface area contributed by atoms with E-state index in [1.165, 1.54) is 16.3 Å². The molecule has 4 heteroatoms. The van der Waals surface area contributed by atoms with Gasteiger partial charge < -0.3 is 10.2 Å². The molecule has 1 aromatic heterocycles. The fourth-order valence-electron chi connectivity index (χ4n) is 2.08. The predicted molar refractivity (Wildman–Crippen MR) is 88.0 cm³/mol. The maximum Gasteiger partial charge on any atom is 0.190 e. The Kier molecular flexibility index (Phi) is 5.56. The number of nitrogens with one attached hydrogen (secondary N) is 1. The second-order valence-electron chi connectivity index (χ2n) is 4.79. The zero-order chi connectivity index (χ0) is 14.4. The zero-order valence-corrected chi connectivity index (χ0v) is 13.3. The van der Waals surface area contributed by atoms with Crippen molar-refractivity contribution in [3.05, 3.63) is 40.9 Å². The molecule has 0 unspecified atom stereocenters. The summed E-state index contributed by atoms with van der Waals surface area (Å²) in [6.07, 6.45) is 2.19. The van der Waals surface area contributed by atoms with Gasteiger partial charge in [0.2, 0.25) is 0 Å². The summed E-state index contributed by atoms with van der Waals surface area (Å²) in [6, 6.07) is 10.4. The lowest BCUT2D eigenvalue weighted by Gasteiger charge is -2.15. The first-order valence-electron chi connectivity index (χ1n) is 7.24. The van der Waals surface area contributed by atoms with Gasteiger partial charge in [0.15, 0.2) is 5.13 Å². The summed E-state index contributed by atoms with van der Waals surface area (Å²) >= 11 is 1.79. The summed E-state index contributed by atoms with van der Waals surface area (Å²) in [5, 5.41) is 4.48. The number of aryl methyl sites for hydroxylation is 1. The highest BCUT2D eigenvalue weighted by atomic mass is 32.1. The van der Waals surface area contributed by atoms with Gasteiger partial charge in [-0.1, -0.05) is 49.8 Å². The van der Waals surface area contributed by atoms with Gasteiger partial charge in [0.05, 0.1) is 5.69 Å². The number of anilines is 2. The lowest BCUT2D eigenvalue weighted by molar-refractivity contribution is 0.723. The van der Waals surface area contributed by atoms with E-state index in [-0.39, 0.29) is 0 Å². The number of rotatable bonds is 7. The van der Waals surface area contributed by atoms with Crippen LogP contribution in [0.1, 0.15) is 30.8 Å². The lowest BCUT2D eigenvalue weighted by Crippen LogP contribution is -2.11. The number of para-hydroxylation sites is 1. The molecule has 0 aliphatic rings. The van der Waals surface area contributed by atoms with Crippen molar-refractivity contribution in [2.24, 2.45) is 0 Å². The van der Waals surface area contributed by atoms with E-state index in [1.807, 2.05) is 6.07 Å². The third-order valence-electron chi connectivity index (χ3n) is 3.22. The molecule has 0 saturated carbocycles. The van der Waals surface area contributed by atoms with Crippen LogP contribution in [0.3, 0.4) is 0 Å². The smallest absolute Gasteiger partial charge is 0.190 e. The Labute approximate surface area is 125 Å². The van der Waals surface area contributed by atoms with Crippen molar-refractivity contribution < 1.29 is 0 Å². The van der Waals surface area contributed by atoms with Crippen LogP contribution in [0.5, 0.6) is 0 Å². The molecule has 2 aromatic rings. The maximum atomic E-state index is 4.83. The van der Waals surface area contributed by atoms with Crippen molar-refractivity contribution in [2.45, 2.75) is 33.2 Å². The zero-order valence-electron chi connectivity index (χ0n) is 12.5. The second-order valence-corrected chi connectivity index (χ2v) is 5.85. The molecule has 0 radical (unpaired) electrons. The summed E-state index contributed by atoms with van der Waals surface area (Å²) in [5.74, 6) is 0. The van der Waals surface area contributed by atoms with E-state index in [0.29, 0.717) is 0 Å². The van der Waals surface area contributed by atoms with Gasteiger partial charge in [-0.2, -0.15) is 0 Å². The van der Waals surface area contributed by atoms with Crippen LogP contribution in [0.15, 0.2) is 30.3 Å². The minimum Gasteiger partial charge on any atom is -0.321 e. The van der Waals surface area contributed by atoms with Crippen LogP contribution >= 0.6 is 11.3 Å². The number of thiazole rings is 1. The molecule has 2 rings (SSSR count). The van der Waals surface area contributed by atoms with E-state index in [0.717, 1.165) is 31.1 Å². The quantitative estimate of drug-likeness (QED) is 0.836. The molecule has 0 fully saturated rings.